The lowest BCUT2D eigenvalue weighted by Crippen LogP contribution is -2.40. The molecule has 112 valence electrons. The van der Waals surface area contributed by atoms with Gasteiger partial charge < -0.3 is 10.2 Å². The standard InChI is InChI=1S/C14H20F3N3/c1-10(2)18-9-11-5-4-8-20(11)13-7-3-6-12(19-13)14(15,16)17/h3,6-7,10-11,18H,4-5,8-9H2,1-2H3. The van der Waals surface area contributed by atoms with Crippen LogP contribution < -0.4 is 10.2 Å². The van der Waals surface area contributed by atoms with Gasteiger partial charge in [0.05, 0.1) is 0 Å². The number of halogens is 3. The van der Waals surface area contributed by atoms with Crippen LogP contribution in [0.25, 0.3) is 0 Å². The van der Waals surface area contributed by atoms with E-state index >= 15 is 0 Å². The Hall–Kier alpha value is -1.30. The van der Waals surface area contributed by atoms with Crippen LogP contribution in [0.2, 0.25) is 0 Å². The van der Waals surface area contributed by atoms with Gasteiger partial charge in [-0.3, -0.25) is 0 Å². The first-order valence-corrected chi connectivity index (χ1v) is 6.92. The molecule has 0 amide bonds. The van der Waals surface area contributed by atoms with Crippen molar-refractivity contribution in [3.05, 3.63) is 23.9 Å². The van der Waals surface area contributed by atoms with E-state index in [-0.39, 0.29) is 6.04 Å². The summed E-state index contributed by atoms with van der Waals surface area (Å²) in [6, 6.07) is 4.68. The van der Waals surface area contributed by atoms with Crippen LogP contribution in [0.15, 0.2) is 18.2 Å². The van der Waals surface area contributed by atoms with E-state index in [4.69, 9.17) is 0 Å². The predicted octanol–water partition coefficient (Wildman–Crippen LogP) is 3.07. The molecule has 6 heteroatoms. The summed E-state index contributed by atoms with van der Waals surface area (Å²) in [5, 5.41) is 3.34. The zero-order valence-electron chi connectivity index (χ0n) is 11.7. The van der Waals surface area contributed by atoms with Gasteiger partial charge in [0.25, 0.3) is 0 Å². The summed E-state index contributed by atoms with van der Waals surface area (Å²) in [7, 11) is 0. The number of hydrogen-bond donors (Lipinski definition) is 1. The number of pyridine rings is 1. The second-order valence-electron chi connectivity index (χ2n) is 5.43. The van der Waals surface area contributed by atoms with Crippen molar-refractivity contribution in [1.29, 1.82) is 0 Å². The average molecular weight is 287 g/mol. The van der Waals surface area contributed by atoms with E-state index in [9.17, 15) is 13.2 Å². The fraction of sp³-hybridized carbons (Fsp3) is 0.643. The normalized spacial score (nSPS) is 19.9. The zero-order valence-corrected chi connectivity index (χ0v) is 11.7. The molecule has 0 saturated carbocycles. The summed E-state index contributed by atoms with van der Waals surface area (Å²) in [4.78, 5) is 5.75. The Labute approximate surface area is 117 Å². The van der Waals surface area contributed by atoms with Gasteiger partial charge in [-0.25, -0.2) is 4.98 Å². The highest BCUT2D eigenvalue weighted by molar-refractivity contribution is 5.42. The Balaban J connectivity index is 2.13. The summed E-state index contributed by atoms with van der Waals surface area (Å²) in [6.45, 7) is 5.65. The molecule has 0 aromatic carbocycles. The van der Waals surface area contributed by atoms with Gasteiger partial charge in [0.2, 0.25) is 0 Å². The van der Waals surface area contributed by atoms with Crippen molar-refractivity contribution in [3.63, 3.8) is 0 Å². The van der Waals surface area contributed by atoms with Crippen molar-refractivity contribution in [1.82, 2.24) is 10.3 Å². The van der Waals surface area contributed by atoms with Crippen molar-refractivity contribution in [3.8, 4) is 0 Å². The smallest absolute Gasteiger partial charge is 0.352 e. The lowest BCUT2D eigenvalue weighted by molar-refractivity contribution is -0.141. The summed E-state index contributed by atoms with van der Waals surface area (Å²) in [5.74, 6) is 0.424. The van der Waals surface area contributed by atoms with E-state index in [1.54, 1.807) is 6.07 Å². The van der Waals surface area contributed by atoms with Gasteiger partial charge in [0.15, 0.2) is 0 Å². The molecule has 1 aromatic rings. The van der Waals surface area contributed by atoms with E-state index in [0.29, 0.717) is 11.9 Å². The van der Waals surface area contributed by atoms with Crippen LogP contribution in [0.4, 0.5) is 19.0 Å². The maximum atomic E-state index is 12.7. The maximum absolute atomic E-state index is 12.7. The summed E-state index contributed by atoms with van der Waals surface area (Å²) in [5.41, 5.74) is -0.822. The minimum Gasteiger partial charge on any atom is -0.352 e. The van der Waals surface area contributed by atoms with Crippen LogP contribution in [0, 0.1) is 0 Å². The van der Waals surface area contributed by atoms with Crippen molar-refractivity contribution in [2.45, 2.75) is 44.9 Å². The van der Waals surface area contributed by atoms with E-state index in [0.717, 1.165) is 32.0 Å². The molecule has 2 heterocycles. The number of aromatic nitrogens is 1. The first kappa shape index (κ1) is 15.1. The van der Waals surface area contributed by atoms with Crippen molar-refractivity contribution in [2.75, 3.05) is 18.0 Å². The Bertz CT molecular complexity index is 446. The Morgan fingerprint density at radius 1 is 1.40 bits per heavy atom. The number of nitrogens with zero attached hydrogens (tertiary/aromatic N) is 2. The summed E-state index contributed by atoms with van der Waals surface area (Å²) >= 11 is 0. The zero-order chi connectivity index (χ0) is 14.8. The molecule has 0 bridgehead atoms. The molecular weight excluding hydrogens is 267 g/mol. The van der Waals surface area contributed by atoms with Crippen LogP contribution in [0.1, 0.15) is 32.4 Å². The molecule has 1 aliphatic heterocycles. The molecule has 0 spiro atoms. The molecule has 1 fully saturated rings. The van der Waals surface area contributed by atoms with Crippen LogP contribution in [-0.2, 0) is 6.18 Å². The molecule has 1 saturated heterocycles. The predicted molar refractivity (Wildman–Crippen MR) is 72.7 cm³/mol. The lowest BCUT2D eigenvalue weighted by Gasteiger charge is -2.27. The fourth-order valence-electron chi connectivity index (χ4n) is 2.46. The number of hydrogen-bond acceptors (Lipinski definition) is 3. The summed E-state index contributed by atoms with van der Waals surface area (Å²) in [6.07, 6.45) is -2.42. The Morgan fingerprint density at radius 3 is 2.80 bits per heavy atom. The lowest BCUT2D eigenvalue weighted by atomic mass is 10.2. The second-order valence-corrected chi connectivity index (χ2v) is 5.43. The third-order valence-corrected chi connectivity index (χ3v) is 3.46. The van der Waals surface area contributed by atoms with E-state index in [1.807, 2.05) is 4.90 Å². The quantitative estimate of drug-likeness (QED) is 0.922. The summed E-state index contributed by atoms with van der Waals surface area (Å²) < 4.78 is 38.1. The topological polar surface area (TPSA) is 28.2 Å². The molecular formula is C14H20F3N3. The second kappa shape index (κ2) is 5.99. The Kier molecular flexibility index (Phi) is 4.52. The van der Waals surface area contributed by atoms with Crippen LogP contribution >= 0.6 is 0 Å². The fourth-order valence-corrected chi connectivity index (χ4v) is 2.46. The molecule has 1 N–H and O–H groups in total. The molecule has 1 aliphatic rings. The monoisotopic (exact) mass is 287 g/mol. The minimum absolute atomic E-state index is 0.216. The van der Waals surface area contributed by atoms with Crippen LogP contribution in [-0.4, -0.2) is 30.2 Å². The number of alkyl halides is 3. The van der Waals surface area contributed by atoms with Crippen LogP contribution in [0.5, 0.6) is 0 Å². The Morgan fingerprint density at radius 2 is 2.15 bits per heavy atom. The first-order valence-electron chi connectivity index (χ1n) is 6.92. The van der Waals surface area contributed by atoms with Crippen molar-refractivity contribution in [2.24, 2.45) is 0 Å². The van der Waals surface area contributed by atoms with Gasteiger partial charge in [-0.1, -0.05) is 19.9 Å². The molecule has 20 heavy (non-hydrogen) atoms. The molecule has 0 radical (unpaired) electrons. The third-order valence-electron chi connectivity index (χ3n) is 3.46. The number of anilines is 1. The van der Waals surface area contributed by atoms with Gasteiger partial charge in [-0.2, -0.15) is 13.2 Å². The molecule has 1 aromatic heterocycles. The number of rotatable bonds is 4. The third kappa shape index (κ3) is 3.62. The average Bonchev–Trinajstić information content (AvgIpc) is 2.83. The molecule has 3 nitrogen and oxygen atoms in total. The van der Waals surface area contributed by atoms with Crippen LogP contribution in [0.3, 0.4) is 0 Å². The van der Waals surface area contributed by atoms with Gasteiger partial charge >= 0.3 is 6.18 Å². The van der Waals surface area contributed by atoms with Gasteiger partial charge in [-0.15, -0.1) is 0 Å². The van der Waals surface area contributed by atoms with Crippen molar-refractivity contribution < 1.29 is 13.2 Å². The van der Waals surface area contributed by atoms with E-state index in [2.05, 4.69) is 24.1 Å². The number of nitrogens with one attached hydrogen (secondary N) is 1. The molecule has 0 aliphatic carbocycles. The van der Waals surface area contributed by atoms with E-state index < -0.39 is 11.9 Å². The highest BCUT2D eigenvalue weighted by Gasteiger charge is 2.34. The highest BCUT2D eigenvalue weighted by Crippen LogP contribution is 2.30. The van der Waals surface area contributed by atoms with Gasteiger partial charge in [0.1, 0.15) is 11.5 Å². The maximum Gasteiger partial charge on any atom is 0.433 e. The van der Waals surface area contributed by atoms with E-state index in [1.165, 1.54) is 6.07 Å². The molecule has 1 unspecified atom stereocenters. The SMILES string of the molecule is CC(C)NCC1CCCN1c1cccc(C(F)(F)F)n1. The van der Waals surface area contributed by atoms with Gasteiger partial charge in [-0.05, 0) is 25.0 Å². The molecule has 2 rings (SSSR count). The highest BCUT2D eigenvalue weighted by atomic mass is 19.4. The van der Waals surface area contributed by atoms with Gasteiger partial charge in [0, 0.05) is 25.2 Å². The minimum atomic E-state index is -4.39. The molecule has 1 atom stereocenters. The largest absolute Gasteiger partial charge is 0.433 e. The van der Waals surface area contributed by atoms with Crippen molar-refractivity contribution >= 4 is 5.82 Å². The first-order chi connectivity index (χ1) is 9.38.